The summed E-state index contributed by atoms with van der Waals surface area (Å²) in [5.41, 5.74) is 3.64. The van der Waals surface area contributed by atoms with E-state index in [0.717, 1.165) is 26.2 Å². The molecule has 1 aliphatic rings. The molecule has 0 spiro atoms. The Hall–Kier alpha value is -0.102. The van der Waals surface area contributed by atoms with Gasteiger partial charge in [-0.3, -0.25) is 0 Å². The molecule has 0 saturated heterocycles. The van der Waals surface area contributed by atoms with Gasteiger partial charge >= 0.3 is 137 Å². The second-order valence-electron chi connectivity index (χ2n) is 6.75. The summed E-state index contributed by atoms with van der Waals surface area (Å²) < 4.78 is 1.65. The molecule has 0 aromatic rings. The van der Waals surface area contributed by atoms with Crippen molar-refractivity contribution in [3.05, 3.63) is 11.4 Å². The molecule has 0 N–H and O–H groups in total. The van der Waals surface area contributed by atoms with Crippen molar-refractivity contribution in [1.29, 1.82) is 0 Å². The number of allylic oxidation sites excluding steroid dienone is 2. The number of hydrogen-bond donors (Lipinski definition) is 0. The molecule has 0 unspecified atom stereocenters. The number of nitrogens with zero attached hydrogens (tertiary/aromatic N) is 2. The first-order chi connectivity index (χ1) is 9.20. The quantitative estimate of drug-likeness (QED) is 0.612. The second-order valence-corrected chi connectivity index (χ2v) is 8.21. The molecule has 0 saturated carbocycles. The van der Waals surface area contributed by atoms with Crippen LogP contribution in [0.3, 0.4) is 0 Å². The summed E-state index contributed by atoms with van der Waals surface area (Å²) in [5, 5.41) is 0. The summed E-state index contributed by atoms with van der Waals surface area (Å²) in [5.74, 6) is 0. The molecule has 0 aromatic heterocycles. The average Bonchev–Trinajstić information content (AvgIpc) is 2.40. The molecule has 3 heteroatoms. The van der Waals surface area contributed by atoms with Crippen molar-refractivity contribution in [3.8, 4) is 0 Å². The van der Waals surface area contributed by atoms with Gasteiger partial charge in [-0.1, -0.05) is 0 Å². The first-order valence-electron chi connectivity index (χ1n) is 7.99. The van der Waals surface area contributed by atoms with Crippen molar-refractivity contribution in [2.75, 3.05) is 26.2 Å². The summed E-state index contributed by atoms with van der Waals surface area (Å²) in [4.78, 5) is 5.12. The fourth-order valence-electron chi connectivity index (χ4n) is 3.16. The third-order valence-corrected chi connectivity index (χ3v) is 7.19. The van der Waals surface area contributed by atoms with E-state index in [0.29, 0.717) is 0 Å². The molecule has 116 valence electrons. The van der Waals surface area contributed by atoms with Crippen LogP contribution in [0, 0.1) is 10.8 Å². The van der Waals surface area contributed by atoms with E-state index in [1.54, 1.807) is 34.6 Å². The van der Waals surface area contributed by atoms with E-state index in [1.807, 2.05) is 0 Å². The van der Waals surface area contributed by atoms with Crippen molar-refractivity contribution in [3.63, 3.8) is 0 Å². The van der Waals surface area contributed by atoms with Gasteiger partial charge in [-0.05, 0) is 0 Å². The first-order valence-corrected chi connectivity index (χ1v) is 9.46. The zero-order valence-electron chi connectivity index (χ0n) is 14.6. The summed E-state index contributed by atoms with van der Waals surface area (Å²) in [6, 6.07) is 0. The molecule has 0 radical (unpaired) electrons. The standard InChI is InChI=1S/C17H32N2.W/c1-9-18(10-2)14-13-17(8,16(5,6)7)15(14)19(11-3)12-4;/h9-12H2,1-8H3;/t17-;/m0./s1. The first kappa shape index (κ1) is 17.9. The minimum atomic E-state index is 0.228. The third kappa shape index (κ3) is 2.54. The van der Waals surface area contributed by atoms with Crippen LogP contribution in [-0.2, 0) is 19.4 Å². The van der Waals surface area contributed by atoms with E-state index in [1.165, 1.54) is 0 Å². The fourth-order valence-corrected chi connectivity index (χ4v) is 5.42. The second kappa shape index (κ2) is 6.34. The van der Waals surface area contributed by atoms with Gasteiger partial charge in [0.15, 0.2) is 0 Å². The summed E-state index contributed by atoms with van der Waals surface area (Å²) in [6.45, 7) is 23.1. The molecule has 0 bridgehead atoms. The fraction of sp³-hybridized carbons (Fsp3) is 0.824. The minimum absolute atomic E-state index is 0.228. The molecule has 1 rings (SSSR count). The zero-order valence-corrected chi connectivity index (χ0v) is 17.6. The van der Waals surface area contributed by atoms with Crippen molar-refractivity contribution in [1.82, 2.24) is 9.80 Å². The Balaban J connectivity index is 3.44. The molecular formula is C17H32N2W. The Morgan fingerprint density at radius 3 is 1.60 bits per heavy atom. The van der Waals surface area contributed by atoms with Crippen molar-refractivity contribution < 1.29 is 19.4 Å². The number of rotatable bonds is 6. The predicted molar refractivity (Wildman–Crippen MR) is 85.4 cm³/mol. The molecule has 0 heterocycles. The Morgan fingerprint density at radius 2 is 1.30 bits per heavy atom. The van der Waals surface area contributed by atoms with E-state index in [2.05, 4.69) is 65.2 Å². The van der Waals surface area contributed by atoms with Crippen LogP contribution in [0.4, 0.5) is 0 Å². The average molecular weight is 448 g/mol. The molecule has 0 aromatic carbocycles. The van der Waals surface area contributed by atoms with Gasteiger partial charge in [-0.2, -0.15) is 0 Å². The van der Waals surface area contributed by atoms with Crippen molar-refractivity contribution >= 4 is 3.90 Å². The Bertz CT molecular complexity index is 398. The van der Waals surface area contributed by atoms with Crippen LogP contribution >= 0.6 is 0 Å². The Kier molecular flexibility index (Phi) is 5.69. The van der Waals surface area contributed by atoms with Crippen LogP contribution in [0.15, 0.2) is 11.4 Å². The topological polar surface area (TPSA) is 6.48 Å². The van der Waals surface area contributed by atoms with Crippen molar-refractivity contribution in [2.24, 2.45) is 10.8 Å². The molecule has 0 aliphatic heterocycles. The van der Waals surface area contributed by atoms with E-state index in [9.17, 15) is 0 Å². The molecular weight excluding hydrogens is 416 g/mol. The summed E-state index contributed by atoms with van der Waals surface area (Å²) in [7, 11) is 0. The molecule has 1 atom stereocenters. The van der Waals surface area contributed by atoms with Gasteiger partial charge in [0.2, 0.25) is 0 Å². The maximum atomic E-state index is 2.57. The number of hydrogen-bond acceptors (Lipinski definition) is 2. The van der Waals surface area contributed by atoms with Crippen molar-refractivity contribution in [2.45, 2.75) is 55.4 Å². The molecule has 2 nitrogen and oxygen atoms in total. The van der Waals surface area contributed by atoms with Crippen LogP contribution in [0.1, 0.15) is 55.4 Å². The Morgan fingerprint density at radius 1 is 0.900 bits per heavy atom. The van der Waals surface area contributed by atoms with Gasteiger partial charge < -0.3 is 0 Å². The third-order valence-electron chi connectivity index (χ3n) is 5.03. The van der Waals surface area contributed by atoms with Gasteiger partial charge in [-0.15, -0.1) is 0 Å². The monoisotopic (exact) mass is 448 g/mol. The molecule has 20 heavy (non-hydrogen) atoms. The Labute approximate surface area is 137 Å². The van der Waals surface area contributed by atoms with Crippen LogP contribution in [0.25, 0.3) is 0 Å². The van der Waals surface area contributed by atoms with E-state index in [4.69, 9.17) is 0 Å². The van der Waals surface area contributed by atoms with E-state index >= 15 is 0 Å². The van der Waals surface area contributed by atoms with Gasteiger partial charge in [0.1, 0.15) is 0 Å². The van der Waals surface area contributed by atoms with Gasteiger partial charge in [0.25, 0.3) is 0 Å². The summed E-state index contributed by atoms with van der Waals surface area (Å²) >= 11 is 1.63. The van der Waals surface area contributed by atoms with Gasteiger partial charge in [0.05, 0.1) is 0 Å². The summed E-state index contributed by atoms with van der Waals surface area (Å²) in [6.07, 6.45) is 0. The molecule has 1 aliphatic carbocycles. The van der Waals surface area contributed by atoms with Gasteiger partial charge in [-0.25, -0.2) is 0 Å². The van der Waals surface area contributed by atoms with Gasteiger partial charge in [0, 0.05) is 0 Å². The normalized spacial score (nSPS) is 22.9. The SMILES string of the molecule is CCN(CC)C1=C(N(CC)CC)[C@@](C)(C(C)(C)C)[C]1=[W]. The zero-order chi connectivity index (χ0) is 15.7. The maximum absolute atomic E-state index is 2.57. The molecule has 0 fully saturated rings. The predicted octanol–water partition coefficient (Wildman–Crippen LogP) is 3.67. The van der Waals surface area contributed by atoms with E-state index < -0.39 is 0 Å². The van der Waals surface area contributed by atoms with E-state index in [-0.39, 0.29) is 10.8 Å². The van der Waals surface area contributed by atoms with Crippen LogP contribution in [0.5, 0.6) is 0 Å². The van der Waals surface area contributed by atoms with Crippen LogP contribution in [0.2, 0.25) is 0 Å². The van der Waals surface area contributed by atoms with Crippen LogP contribution in [-0.4, -0.2) is 39.9 Å². The van der Waals surface area contributed by atoms with Crippen LogP contribution < -0.4 is 0 Å². The molecule has 0 amide bonds.